The second-order valence-electron chi connectivity index (χ2n) is 13.4. The minimum absolute atomic E-state index is 0.0766. The van der Waals surface area contributed by atoms with Crippen molar-refractivity contribution in [2.75, 3.05) is 26.3 Å². The first-order valence-electron chi connectivity index (χ1n) is 15.0. The summed E-state index contributed by atoms with van der Waals surface area (Å²) in [6.07, 6.45) is 17.2. The van der Waals surface area contributed by atoms with E-state index in [1.807, 2.05) is 0 Å². The van der Waals surface area contributed by atoms with Crippen molar-refractivity contribution in [2.24, 2.45) is 46.3 Å². The van der Waals surface area contributed by atoms with Gasteiger partial charge in [0, 0.05) is 13.1 Å². The molecule has 204 valence electrons. The van der Waals surface area contributed by atoms with Gasteiger partial charge in [-0.15, -0.1) is 0 Å². The van der Waals surface area contributed by atoms with E-state index in [4.69, 9.17) is 10.2 Å². The normalized spacial score (nSPS) is 39.1. The van der Waals surface area contributed by atoms with Crippen LogP contribution in [0.1, 0.15) is 105 Å². The van der Waals surface area contributed by atoms with Crippen LogP contribution in [0.15, 0.2) is 11.6 Å². The van der Waals surface area contributed by atoms with Crippen LogP contribution in [0.2, 0.25) is 0 Å². The number of nitrogens with one attached hydrogen (secondary N) is 1. The molecule has 0 heterocycles. The predicted molar refractivity (Wildman–Crippen MR) is 146 cm³/mol. The zero-order chi connectivity index (χ0) is 25.6. The van der Waals surface area contributed by atoms with Crippen LogP contribution >= 0.6 is 0 Å². The number of fused-ring (bicyclic) bond motifs is 5. The lowest BCUT2D eigenvalue weighted by Crippen LogP contribution is -2.50. The lowest BCUT2D eigenvalue weighted by Gasteiger charge is -2.58. The van der Waals surface area contributed by atoms with Gasteiger partial charge in [-0.2, -0.15) is 0 Å². The molecule has 4 aliphatic carbocycles. The zero-order valence-electron chi connectivity index (χ0n) is 23.6. The molecule has 8 atom stereocenters. The number of hydrogen-bond donors (Lipinski definition) is 4. The van der Waals surface area contributed by atoms with E-state index in [1.54, 1.807) is 5.57 Å². The Bertz CT molecular complexity index is 674. The summed E-state index contributed by atoms with van der Waals surface area (Å²) < 4.78 is 0. The van der Waals surface area contributed by atoms with Crippen molar-refractivity contribution in [3.63, 3.8) is 0 Å². The predicted octanol–water partition coefficient (Wildman–Crippen LogP) is 5.95. The van der Waals surface area contributed by atoms with Gasteiger partial charge in [-0.05, 0) is 97.7 Å². The summed E-state index contributed by atoms with van der Waals surface area (Å²) in [5.74, 6) is 5.46. The van der Waals surface area contributed by atoms with E-state index in [1.165, 1.54) is 57.8 Å². The molecule has 0 spiro atoms. The van der Waals surface area contributed by atoms with Crippen LogP contribution in [-0.2, 0) is 0 Å². The van der Waals surface area contributed by atoms with Crippen LogP contribution in [0, 0.1) is 46.3 Å². The second kappa shape index (κ2) is 12.9. The van der Waals surface area contributed by atoms with Crippen molar-refractivity contribution in [1.29, 1.82) is 0 Å². The standard InChI is InChI=1S/C27H46O.C4H11NO2/c1-18(2)7-6-8-19(3)23-11-12-24-22-10-9-20-17-21(28)13-15-26(20,4)25(22)14-16-27(23,24)5;6-3-1-5-2-4-7/h9,18-19,21-25,28H,6-8,10-17H2,1-5H3;5-7H,1-4H2/t19-,21+,22+,23-,24+,25+,26+,27-;/m1./s1. The van der Waals surface area contributed by atoms with E-state index in [-0.39, 0.29) is 19.3 Å². The van der Waals surface area contributed by atoms with Gasteiger partial charge in [-0.3, -0.25) is 0 Å². The average molecular weight is 492 g/mol. The minimum atomic E-state index is -0.0766. The third-order valence-corrected chi connectivity index (χ3v) is 10.9. The summed E-state index contributed by atoms with van der Waals surface area (Å²) in [6.45, 7) is 14.0. The number of aliphatic hydroxyl groups is 3. The number of rotatable bonds is 9. The maximum absolute atomic E-state index is 10.2. The molecular formula is C31H57NO3. The molecule has 0 aliphatic heterocycles. The minimum Gasteiger partial charge on any atom is -0.395 e. The van der Waals surface area contributed by atoms with Crippen molar-refractivity contribution in [3.05, 3.63) is 11.6 Å². The number of hydrogen-bond acceptors (Lipinski definition) is 4. The van der Waals surface area contributed by atoms with Crippen LogP contribution in [-0.4, -0.2) is 47.7 Å². The van der Waals surface area contributed by atoms with Crippen molar-refractivity contribution in [3.8, 4) is 0 Å². The Hall–Kier alpha value is -0.420. The van der Waals surface area contributed by atoms with Crippen LogP contribution in [0.5, 0.6) is 0 Å². The molecule has 0 unspecified atom stereocenters. The molecule has 0 bridgehead atoms. The van der Waals surface area contributed by atoms with Crippen molar-refractivity contribution in [2.45, 2.75) is 111 Å². The topological polar surface area (TPSA) is 72.7 Å². The fourth-order valence-corrected chi connectivity index (χ4v) is 8.95. The Kier molecular flexibility index (Phi) is 10.7. The fraction of sp³-hybridized carbons (Fsp3) is 0.935. The number of aliphatic hydroxyl groups excluding tert-OH is 3. The van der Waals surface area contributed by atoms with Crippen LogP contribution in [0.25, 0.3) is 0 Å². The SMILES string of the molecule is CC(C)CCC[C@@H](C)[C@H]1CC[C@H]2[C@@H]3CC=C4C[C@@H](O)CC[C@]4(C)[C@H]3CC[C@]12C.OCCNCCO. The smallest absolute Gasteiger partial charge is 0.0577 e. The molecule has 0 aromatic rings. The van der Waals surface area contributed by atoms with E-state index in [0.717, 1.165) is 48.3 Å². The molecule has 0 aromatic carbocycles. The summed E-state index contributed by atoms with van der Waals surface area (Å²) in [5.41, 5.74) is 2.60. The molecule has 4 nitrogen and oxygen atoms in total. The second-order valence-corrected chi connectivity index (χ2v) is 13.4. The van der Waals surface area contributed by atoms with E-state index in [2.05, 4.69) is 46.0 Å². The Balaban J connectivity index is 0.000000429. The van der Waals surface area contributed by atoms with E-state index >= 15 is 0 Å². The summed E-state index contributed by atoms with van der Waals surface area (Å²) >= 11 is 0. The third-order valence-electron chi connectivity index (χ3n) is 10.9. The van der Waals surface area contributed by atoms with Gasteiger partial charge in [0.05, 0.1) is 19.3 Å². The van der Waals surface area contributed by atoms with Crippen LogP contribution in [0.3, 0.4) is 0 Å². The van der Waals surface area contributed by atoms with Gasteiger partial charge in [-0.25, -0.2) is 0 Å². The van der Waals surface area contributed by atoms with Crippen molar-refractivity contribution < 1.29 is 15.3 Å². The molecule has 0 saturated heterocycles. The lowest BCUT2D eigenvalue weighted by atomic mass is 9.47. The van der Waals surface area contributed by atoms with Gasteiger partial charge in [0.25, 0.3) is 0 Å². The molecule has 0 aromatic heterocycles. The van der Waals surface area contributed by atoms with Gasteiger partial charge < -0.3 is 20.6 Å². The molecule has 35 heavy (non-hydrogen) atoms. The summed E-state index contributed by atoms with van der Waals surface area (Å²) in [6, 6.07) is 0. The molecule has 0 radical (unpaired) electrons. The first kappa shape index (κ1) is 29.1. The van der Waals surface area contributed by atoms with Crippen molar-refractivity contribution >= 4 is 0 Å². The maximum atomic E-state index is 10.2. The van der Waals surface area contributed by atoms with E-state index < -0.39 is 0 Å². The monoisotopic (exact) mass is 491 g/mol. The first-order chi connectivity index (χ1) is 16.7. The molecular weight excluding hydrogens is 434 g/mol. The van der Waals surface area contributed by atoms with E-state index in [0.29, 0.717) is 23.9 Å². The van der Waals surface area contributed by atoms with Gasteiger partial charge in [0.1, 0.15) is 0 Å². The molecule has 4 aliphatic rings. The molecule has 3 fully saturated rings. The lowest BCUT2D eigenvalue weighted by molar-refractivity contribution is -0.0573. The Labute approximate surface area is 216 Å². The largest absolute Gasteiger partial charge is 0.395 e. The average Bonchev–Trinajstić information content (AvgIpc) is 3.17. The number of allylic oxidation sites excluding steroid dienone is 1. The summed E-state index contributed by atoms with van der Waals surface area (Å²) in [7, 11) is 0. The van der Waals surface area contributed by atoms with Gasteiger partial charge in [-0.1, -0.05) is 65.5 Å². The fourth-order valence-electron chi connectivity index (χ4n) is 8.95. The van der Waals surface area contributed by atoms with Crippen molar-refractivity contribution in [1.82, 2.24) is 5.32 Å². The Morgan fingerprint density at radius 3 is 2.31 bits per heavy atom. The molecule has 0 amide bonds. The Morgan fingerprint density at radius 1 is 0.943 bits per heavy atom. The summed E-state index contributed by atoms with van der Waals surface area (Å²) in [4.78, 5) is 0. The van der Waals surface area contributed by atoms with Crippen LogP contribution in [0.4, 0.5) is 0 Å². The summed E-state index contributed by atoms with van der Waals surface area (Å²) in [5, 5.41) is 29.3. The Morgan fingerprint density at radius 2 is 1.66 bits per heavy atom. The highest BCUT2D eigenvalue weighted by Crippen LogP contribution is 2.67. The molecule has 4 N–H and O–H groups in total. The van der Waals surface area contributed by atoms with Gasteiger partial charge in [0.15, 0.2) is 0 Å². The first-order valence-corrected chi connectivity index (χ1v) is 15.0. The highest BCUT2D eigenvalue weighted by Gasteiger charge is 2.59. The van der Waals surface area contributed by atoms with Crippen LogP contribution < -0.4 is 5.32 Å². The van der Waals surface area contributed by atoms with Gasteiger partial charge >= 0.3 is 0 Å². The molecule has 3 saturated carbocycles. The molecule has 4 rings (SSSR count). The highest BCUT2D eigenvalue weighted by molar-refractivity contribution is 5.25. The van der Waals surface area contributed by atoms with Gasteiger partial charge in [0.2, 0.25) is 0 Å². The molecule has 4 heteroatoms. The van der Waals surface area contributed by atoms with E-state index in [9.17, 15) is 5.11 Å². The third kappa shape index (κ3) is 6.54. The maximum Gasteiger partial charge on any atom is 0.0577 e. The quantitative estimate of drug-likeness (QED) is 0.238. The zero-order valence-corrected chi connectivity index (χ0v) is 23.6. The highest BCUT2D eigenvalue weighted by atomic mass is 16.3.